The number of quaternary nitrogens is 1. The normalized spacial score (nSPS) is 18.6. The Bertz CT molecular complexity index is 331. The Labute approximate surface area is 132 Å². The molecule has 122 valence electrons. The van der Waals surface area contributed by atoms with E-state index in [-0.39, 0.29) is 0 Å². The van der Waals surface area contributed by atoms with Crippen molar-refractivity contribution in [3.05, 3.63) is 23.3 Å². The number of hydrogen-bond acceptors (Lipinski definition) is 1. The van der Waals surface area contributed by atoms with Crippen LogP contribution in [0.1, 0.15) is 59.3 Å². The number of hydrogen-bond donors (Lipinski definition) is 1. The van der Waals surface area contributed by atoms with E-state index < -0.39 is 0 Å². The Kier molecular flexibility index (Phi) is 8.94. The average molecular weight is 294 g/mol. The Morgan fingerprint density at radius 2 is 1.76 bits per heavy atom. The van der Waals surface area contributed by atoms with E-state index in [2.05, 4.69) is 45.3 Å². The van der Waals surface area contributed by atoms with Gasteiger partial charge in [-0.1, -0.05) is 23.3 Å². The van der Waals surface area contributed by atoms with Crippen molar-refractivity contribution in [3.63, 3.8) is 0 Å². The monoisotopic (exact) mass is 293 g/mol. The maximum atomic E-state index is 3.57. The molecule has 0 aromatic rings. The Morgan fingerprint density at radius 1 is 1.05 bits per heavy atom. The van der Waals surface area contributed by atoms with Gasteiger partial charge in [0.25, 0.3) is 0 Å². The highest BCUT2D eigenvalue weighted by atomic mass is 15.3. The molecule has 1 rings (SSSR count). The van der Waals surface area contributed by atoms with Gasteiger partial charge in [0.2, 0.25) is 0 Å². The summed E-state index contributed by atoms with van der Waals surface area (Å²) >= 11 is 0. The van der Waals surface area contributed by atoms with E-state index in [9.17, 15) is 0 Å². The summed E-state index contributed by atoms with van der Waals surface area (Å²) in [7, 11) is 2.44. The van der Waals surface area contributed by atoms with Gasteiger partial charge in [-0.25, -0.2) is 0 Å². The lowest BCUT2D eigenvalue weighted by Crippen LogP contribution is -2.48. The zero-order valence-corrected chi connectivity index (χ0v) is 14.9. The first-order chi connectivity index (χ1) is 10.0. The molecule has 0 amide bonds. The number of rotatable bonds is 9. The van der Waals surface area contributed by atoms with E-state index in [4.69, 9.17) is 0 Å². The van der Waals surface area contributed by atoms with E-state index >= 15 is 0 Å². The SMILES string of the molecule is CC(C)=CCCC(C)=CCNCCC[N+]1(C)CCCCC1. The molecule has 1 aliphatic rings. The van der Waals surface area contributed by atoms with Crippen molar-refractivity contribution in [3.8, 4) is 0 Å². The minimum Gasteiger partial charge on any atom is -0.326 e. The van der Waals surface area contributed by atoms with Crippen LogP contribution in [-0.2, 0) is 0 Å². The van der Waals surface area contributed by atoms with E-state index in [0.29, 0.717) is 0 Å². The molecule has 2 heteroatoms. The summed E-state index contributed by atoms with van der Waals surface area (Å²) < 4.78 is 1.30. The van der Waals surface area contributed by atoms with Crippen LogP contribution in [-0.4, -0.2) is 44.3 Å². The van der Waals surface area contributed by atoms with E-state index in [1.807, 2.05) is 0 Å². The molecule has 0 atom stereocenters. The van der Waals surface area contributed by atoms with Gasteiger partial charge in [0.1, 0.15) is 0 Å². The fourth-order valence-corrected chi connectivity index (χ4v) is 3.12. The molecule has 1 heterocycles. The quantitative estimate of drug-likeness (QED) is 0.380. The molecule has 1 fully saturated rings. The number of allylic oxidation sites excluding steroid dienone is 3. The summed E-state index contributed by atoms with van der Waals surface area (Å²) in [5.74, 6) is 0. The summed E-state index contributed by atoms with van der Waals surface area (Å²) in [6, 6.07) is 0. The van der Waals surface area contributed by atoms with E-state index in [1.165, 1.54) is 73.8 Å². The van der Waals surface area contributed by atoms with Crippen molar-refractivity contribution in [1.82, 2.24) is 5.32 Å². The van der Waals surface area contributed by atoms with Gasteiger partial charge in [-0.2, -0.15) is 0 Å². The van der Waals surface area contributed by atoms with Crippen LogP contribution in [0.5, 0.6) is 0 Å². The predicted molar refractivity (Wildman–Crippen MR) is 94.5 cm³/mol. The lowest BCUT2D eigenvalue weighted by atomic mass is 10.1. The van der Waals surface area contributed by atoms with Gasteiger partial charge in [-0.3, -0.25) is 0 Å². The molecule has 0 radical (unpaired) electrons. The molecule has 1 N–H and O–H groups in total. The van der Waals surface area contributed by atoms with Gasteiger partial charge in [0.15, 0.2) is 0 Å². The van der Waals surface area contributed by atoms with Gasteiger partial charge < -0.3 is 9.80 Å². The maximum absolute atomic E-state index is 3.57. The van der Waals surface area contributed by atoms with Crippen molar-refractivity contribution in [2.75, 3.05) is 39.8 Å². The smallest absolute Gasteiger partial charge is 0.0796 e. The number of nitrogens with zero attached hydrogens (tertiary/aromatic N) is 1. The zero-order chi connectivity index (χ0) is 15.6. The van der Waals surface area contributed by atoms with E-state index in [0.717, 1.165) is 13.1 Å². The van der Waals surface area contributed by atoms with Crippen LogP contribution in [0.4, 0.5) is 0 Å². The molecule has 2 nitrogen and oxygen atoms in total. The van der Waals surface area contributed by atoms with Crippen molar-refractivity contribution >= 4 is 0 Å². The first-order valence-electron chi connectivity index (χ1n) is 8.85. The molecular weight excluding hydrogens is 256 g/mol. The molecule has 0 spiro atoms. The number of piperidine rings is 1. The highest BCUT2D eigenvalue weighted by Crippen LogP contribution is 2.16. The molecule has 0 bridgehead atoms. The maximum Gasteiger partial charge on any atom is 0.0796 e. The Balaban J connectivity index is 2.04. The molecule has 1 saturated heterocycles. The second-order valence-corrected chi connectivity index (χ2v) is 7.28. The van der Waals surface area contributed by atoms with Gasteiger partial charge in [0, 0.05) is 19.5 Å². The fraction of sp³-hybridized carbons (Fsp3) is 0.789. The molecule has 1 aliphatic heterocycles. The highest BCUT2D eigenvalue weighted by molar-refractivity contribution is 5.02. The summed E-state index contributed by atoms with van der Waals surface area (Å²) in [6.07, 6.45) is 12.7. The molecular formula is C19H37N2+. The first-order valence-corrected chi connectivity index (χ1v) is 8.85. The van der Waals surface area contributed by atoms with Gasteiger partial charge in [0.05, 0.1) is 26.7 Å². The summed E-state index contributed by atoms with van der Waals surface area (Å²) in [5.41, 5.74) is 2.94. The fourth-order valence-electron chi connectivity index (χ4n) is 3.12. The summed E-state index contributed by atoms with van der Waals surface area (Å²) in [5, 5.41) is 3.57. The second-order valence-electron chi connectivity index (χ2n) is 7.28. The van der Waals surface area contributed by atoms with Gasteiger partial charge >= 0.3 is 0 Å². The molecule has 0 saturated carbocycles. The highest BCUT2D eigenvalue weighted by Gasteiger charge is 2.23. The van der Waals surface area contributed by atoms with Crippen LogP contribution in [0.15, 0.2) is 23.3 Å². The standard InChI is InChI=1S/C19H37N2/c1-18(2)10-8-11-19(3)12-14-20-13-9-17-21(4)15-6-5-7-16-21/h10,12,20H,5-9,11,13-17H2,1-4H3/q+1. The van der Waals surface area contributed by atoms with Crippen LogP contribution in [0, 0.1) is 0 Å². The third-order valence-corrected chi connectivity index (χ3v) is 4.63. The number of likely N-dealkylation sites (tertiary alicyclic amines) is 1. The van der Waals surface area contributed by atoms with Gasteiger partial charge in [-0.05, 0) is 52.9 Å². The van der Waals surface area contributed by atoms with Crippen LogP contribution >= 0.6 is 0 Å². The van der Waals surface area contributed by atoms with Crippen LogP contribution < -0.4 is 5.32 Å². The summed E-state index contributed by atoms with van der Waals surface area (Å²) in [6.45, 7) is 12.9. The van der Waals surface area contributed by atoms with Crippen molar-refractivity contribution in [2.24, 2.45) is 0 Å². The zero-order valence-electron chi connectivity index (χ0n) is 14.9. The minimum absolute atomic E-state index is 1.03. The molecule has 0 aromatic carbocycles. The summed E-state index contributed by atoms with van der Waals surface area (Å²) in [4.78, 5) is 0. The molecule has 0 unspecified atom stereocenters. The third kappa shape index (κ3) is 9.10. The predicted octanol–water partition coefficient (Wildman–Crippen LogP) is 4.29. The number of nitrogens with one attached hydrogen (secondary N) is 1. The largest absolute Gasteiger partial charge is 0.326 e. The van der Waals surface area contributed by atoms with Crippen LogP contribution in [0.3, 0.4) is 0 Å². The van der Waals surface area contributed by atoms with Crippen LogP contribution in [0.2, 0.25) is 0 Å². The lowest BCUT2D eigenvalue weighted by Gasteiger charge is -2.37. The van der Waals surface area contributed by atoms with Crippen LogP contribution in [0.25, 0.3) is 0 Å². The first kappa shape index (κ1) is 18.4. The lowest BCUT2D eigenvalue weighted by molar-refractivity contribution is -0.914. The van der Waals surface area contributed by atoms with Crippen molar-refractivity contribution in [1.29, 1.82) is 0 Å². The van der Waals surface area contributed by atoms with Crippen molar-refractivity contribution in [2.45, 2.75) is 59.3 Å². The average Bonchev–Trinajstić information content (AvgIpc) is 2.43. The second kappa shape index (κ2) is 10.2. The Hall–Kier alpha value is -0.600. The topological polar surface area (TPSA) is 12.0 Å². The third-order valence-electron chi connectivity index (χ3n) is 4.63. The van der Waals surface area contributed by atoms with Gasteiger partial charge in [-0.15, -0.1) is 0 Å². The minimum atomic E-state index is 1.03. The molecule has 0 aromatic heterocycles. The molecule has 0 aliphatic carbocycles. The van der Waals surface area contributed by atoms with E-state index in [1.54, 1.807) is 0 Å². The molecule has 21 heavy (non-hydrogen) atoms. The van der Waals surface area contributed by atoms with Crippen molar-refractivity contribution < 1.29 is 4.48 Å². The Morgan fingerprint density at radius 3 is 2.43 bits per heavy atom.